The van der Waals surface area contributed by atoms with E-state index in [0.717, 1.165) is 12.1 Å². The fourth-order valence-electron chi connectivity index (χ4n) is 4.42. The molecule has 0 aliphatic carbocycles. The standard InChI is InChI=1S/C21H22F2N5O8P/c1-10-17(35-21(29)30)15(34-20(10)28-9-27-16-18(24)25-8-26-19(16)28)7-33-37(31)32-3-2-14(36-37)11-4-12(22)6-13(23)5-11/h4-6,8-10,14-15,17,20H,2-3,7H2,1H3,(H,29,30)(H2,24,25,26)/t10-,14?,15?,17-,20+,37?/m0/s1. The Morgan fingerprint density at radius 1 is 1.27 bits per heavy atom. The molecule has 3 unspecified atom stereocenters. The SMILES string of the molecule is C[C@H]1[C@H](OC(=O)O)C(COP2(=O)OCCC(c3cc(F)cc(F)c3)O2)O[C@H]1n1cnc2c(N)ncnc21. The zero-order valence-corrected chi connectivity index (χ0v) is 20.2. The molecule has 198 valence electrons. The Bertz CT molecular complexity index is 1360. The summed E-state index contributed by atoms with van der Waals surface area (Å²) in [7, 11) is -4.21. The summed E-state index contributed by atoms with van der Waals surface area (Å²) in [4.78, 5) is 23.6. The molecule has 16 heteroatoms. The van der Waals surface area contributed by atoms with Crippen LogP contribution in [0.15, 0.2) is 30.9 Å². The summed E-state index contributed by atoms with van der Waals surface area (Å²) in [6.45, 7) is 1.19. The molecule has 2 aliphatic rings. The molecule has 0 bridgehead atoms. The molecule has 37 heavy (non-hydrogen) atoms. The molecule has 2 aliphatic heterocycles. The lowest BCUT2D eigenvalue weighted by molar-refractivity contribution is -0.0594. The molecule has 13 nitrogen and oxygen atoms in total. The summed E-state index contributed by atoms with van der Waals surface area (Å²) in [5.41, 5.74) is 6.68. The van der Waals surface area contributed by atoms with E-state index in [1.807, 2.05) is 0 Å². The van der Waals surface area contributed by atoms with Gasteiger partial charge < -0.3 is 20.3 Å². The van der Waals surface area contributed by atoms with Gasteiger partial charge in [0.15, 0.2) is 11.5 Å². The second kappa shape index (κ2) is 9.91. The lowest BCUT2D eigenvalue weighted by atomic mass is 10.0. The van der Waals surface area contributed by atoms with Crippen LogP contribution in [0.1, 0.15) is 31.2 Å². The lowest BCUT2D eigenvalue weighted by Gasteiger charge is -2.30. The van der Waals surface area contributed by atoms with Crippen molar-refractivity contribution in [2.45, 2.75) is 37.9 Å². The third-order valence-electron chi connectivity index (χ3n) is 6.09. The lowest BCUT2D eigenvalue weighted by Crippen LogP contribution is -2.34. The van der Waals surface area contributed by atoms with E-state index in [-0.39, 0.29) is 24.4 Å². The molecule has 0 amide bonds. The number of hydrogen-bond donors (Lipinski definition) is 2. The fraction of sp³-hybridized carbons (Fsp3) is 0.429. The number of nitrogen functional groups attached to an aromatic ring is 1. The number of nitrogens with two attached hydrogens (primary N) is 1. The first-order valence-electron chi connectivity index (χ1n) is 11.1. The Hall–Kier alpha value is -3.23. The normalized spacial score (nSPS) is 30.0. The highest BCUT2D eigenvalue weighted by Gasteiger charge is 2.48. The van der Waals surface area contributed by atoms with Crippen molar-refractivity contribution in [3.63, 3.8) is 0 Å². The van der Waals surface area contributed by atoms with Crippen molar-refractivity contribution in [2.75, 3.05) is 18.9 Å². The van der Waals surface area contributed by atoms with E-state index in [4.69, 9.17) is 28.8 Å². The van der Waals surface area contributed by atoms with Crippen molar-refractivity contribution in [1.82, 2.24) is 19.5 Å². The van der Waals surface area contributed by atoms with E-state index in [1.165, 1.54) is 12.7 Å². The van der Waals surface area contributed by atoms with Gasteiger partial charge in [-0.15, -0.1) is 0 Å². The maximum atomic E-state index is 13.7. The fourth-order valence-corrected chi connectivity index (χ4v) is 5.82. The summed E-state index contributed by atoms with van der Waals surface area (Å²) < 4.78 is 69.3. The molecular formula is C21H22F2N5O8P. The van der Waals surface area contributed by atoms with Gasteiger partial charge in [-0.05, 0) is 17.7 Å². The Kier molecular flexibility index (Phi) is 6.81. The zero-order valence-electron chi connectivity index (χ0n) is 19.3. The molecule has 0 saturated carbocycles. The second-order valence-electron chi connectivity index (χ2n) is 8.52. The number of phosphoric acid groups is 1. The van der Waals surface area contributed by atoms with E-state index in [0.29, 0.717) is 17.2 Å². The van der Waals surface area contributed by atoms with Crippen LogP contribution in [0.5, 0.6) is 0 Å². The molecule has 0 spiro atoms. The molecule has 3 N–H and O–H groups in total. The van der Waals surface area contributed by atoms with Gasteiger partial charge in [0, 0.05) is 18.4 Å². The average molecular weight is 541 g/mol. The van der Waals surface area contributed by atoms with Crippen LogP contribution < -0.4 is 5.73 Å². The largest absolute Gasteiger partial charge is 0.506 e. The van der Waals surface area contributed by atoms with Gasteiger partial charge in [0.25, 0.3) is 0 Å². The first-order chi connectivity index (χ1) is 17.6. The maximum absolute atomic E-state index is 13.7. The molecule has 2 fully saturated rings. The monoisotopic (exact) mass is 541 g/mol. The summed E-state index contributed by atoms with van der Waals surface area (Å²) in [6, 6.07) is 2.84. The summed E-state index contributed by atoms with van der Waals surface area (Å²) in [5.74, 6) is -2.03. The predicted octanol–water partition coefficient (Wildman–Crippen LogP) is 3.59. The Morgan fingerprint density at radius 2 is 2.03 bits per heavy atom. The van der Waals surface area contributed by atoms with Crippen LogP contribution in [0.3, 0.4) is 0 Å². The predicted molar refractivity (Wildman–Crippen MR) is 120 cm³/mol. The van der Waals surface area contributed by atoms with Crippen LogP contribution in [0.2, 0.25) is 0 Å². The molecule has 6 atom stereocenters. The van der Waals surface area contributed by atoms with Crippen LogP contribution in [-0.4, -0.2) is 56.2 Å². The molecule has 5 rings (SSSR count). The van der Waals surface area contributed by atoms with Gasteiger partial charge in [0.05, 0.1) is 25.6 Å². The van der Waals surface area contributed by atoms with E-state index in [9.17, 15) is 23.2 Å². The third-order valence-corrected chi connectivity index (χ3v) is 7.56. The number of hydrogen-bond acceptors (Lipinski definition) is 11. The van der Waals surface area contributed by atoms with Gasteiger partial charge in [-0.25, -0.2) is 33.1 Å². The number of carboxylic acid groups (broad SMARTS) is 1. The minimum atomic E-state index is -4.21. The number of anilines is 1. The molecule has 3 aromatic rings. The van der Waals surface area contributed by atoms with Gasteiger partial charge >= 0.3 is 14.0 Å². The number of rotatable bonds is 6. The van der Waals surface area contributed by atoms with Crippen LogP contribution >= 0.6 is 7.82 Å². The Morgan fingerprint density at radius 3 is 2.76 bits per heavy atom. The topological polar surface area (TPSA) is 170 Å². The van der Waals surface area contributed by atoms with Crippen molar-refractivity contribution in [2.24, 2.45) is 5.92 Å². The molecule has 4 heterocycles. The Labute approximate surface area is 208 Å². The number of carbonyl (C=O) groups is 1. The highest BCUT2D eigenvalue weighted by atomic mass is 31.2. The quantitative estimate of drug-likeness (QED) is 0.344. The van der Waals surface area contributed by atoms with E-state index in [1.54, 1.807) is 11.5 Å². The highest BCUT2D eigenvalue weighted by Crippen LogP contribution is 2.57. The maximum Gasteiger partial charge on any atom is 0.506 e. The van der Waals surface area contributed by atoms with E-state index >= 15 is 0 Å². The van der Waals surface area contributed by atoms with Crippen LogP contribution in [-0.2, 0) is 27.6 Å². The number of phosphoric ester groups is 1. The van der Waals surface area contributed by atoms with Crippen LogP contribution in [0.25, 0.3) is 11.2 Å². The molecule has 1 aromatic carbocycles. The number of fused-ring (bicyclic) bond motifs is 1. The molecular weight excluding hydrogens is 519 g/mol. The molecule has 2 saturated heterocycles. The molecule has 0 radical (unpaired) electrons. The van der Waals surface area contributed by atoms with Crippen molar-refractivity contribution in [3.05, 3.63) is 48.1 Å². The van der Waals surface area contributed by atoms with Crippen molar-refractivity contribution >= 4 is 31.0 Å². The van der Waals surface area contributed by atoms with Gasteiger partial charge in [-0.1, -0.05) is 6.92 Å². The number of benzene rings is 1. The highest BCUT2D eigenvalue weighted by molar-refractivity contribution is 7.48. The smallest absolute Gasteiger partial charge is 0.450 e. The summed E-state index contributed by atoms with van der Waals surface area (Å²) >= 11 is 0. The Balaban J connectivity index is 1.34. The zero-order chi connectivity index (χ0) is 26.3. The minimum Gasteiger partial charge on any atom is -0.450 e. The van der Waals surface area contributed by atoms with Crippen molar-refractivity contribution < 1.29 is 46.3 Å². The number of imidazole rings is 1. The second-order valence-corrected chi connectivity index (χ2v) is 10.1. The number of aromatic nitrogens is 4. The van der Waals surface area contributed by atoms with Crippen molar-refractivity contribution in [3.8, 4) is 0 Å². The number of nitrogens with zero attached hydrogens (tertiary/aromatic N) is 4. The van der Waals surface area contributed by atoms with E-state index < -0.39 is 62.7 Å². The van der Waals surface area contributed by atoms with Crippen LogP contribution in [0.4, 0.5) is 19.4 Å². The van der Waals surface area contributed by atoms with E-state index in [2.05, 4.69) is 15.0 Å². The third kappa shape index (κ3) is 5.13. The average Bonchev–Trinajstić information content (AvgIpc) is 3.39. The van der Waals surface area contributed by atoms with Gasteiger partial charge in [0.2, 0.25) is 0 Å². The van der Waals surface area contributed by atoms with Gasteiger partial charge in [-0.3, -0.25) is 18.1 Å². The first-order valence-corrected chi connectivity index (χ1v) is 12.6. The summed E-state index contributed by atoms with van der Waals surface area (Å²) in [6.07, 6.45) is -2.50. The minimum absolute atomic E-state index is 0.0676. The van der Waals surface area contributed by atoms with Crippen LogP contribution in [0, 0.1) is 17.6 Å². The first kappa shape index (κ1) is 25.4. The number of halogens is 2. The number of ether oxygens (including phenoxy) is 2. The summed E-state index contributed by atoms with van der Waals surface area (Å²) in [5, 5.41) is 9.27. The van der Waals surface area contributed by atoms with Gasteiger partial charge in [-0.2, -0.15) is 0 Å². The van der Waals surface area contributed by atoms with Gasteiger partial charge in [0.1, 0.15) is 41.9 Å². The van der Waals surface area contributed by atoms with Crippen molar-refractivity contribution in [1.29, 1.82) is 0 Å². The molecule has 2 aromatic heterocycles.